The first kappa shape index (κ1) is 32.8. The predicted molar refractivity (Wildman–Crippen MR) is 187 cm³/mol. The largest absolute Gasteiger partial charge is 0.512 e. The number of carbonyl (C=O) groups is 1. The number of pyridine rings is 1. The molecule has 4 nitrogen and oxygen atoms in total. The topological polar surface area (TPSA) is 63.3 Å². The minimum Gasteiger partial charge on any atom is -0.512 e. The summed E-state index contributed by atoms with van der Waals surface area (Å²) in [5.41, 5.74) is 8.43. The van der Waals surface area contributed by atoms with E-state index in [-0.39, 0.29) is 31.6 Å². The van der Waals surface area contributed by atoms with E-state index in [0.717, 1.165) is 50.6 Å². The van der Waals surface area contributed by atoms with Gasteiger partial charge in [-0.2, -0.15) is 0 Å². The van der Waals surface area contributed by atoms with Gasteiger partial charge in [-0.3, -0.25) is 9.78 Å². The van der Waals surface area contributed by atoms with Crippen molar-refractivity contribution >= 4 is 49.3 Å². The standard InChI is InChI=1S/C36H28NO.C5H8O2.Ir/c1-22(2)19-27-21-28(20-26-14-13-25-11-7-8-12-30(25)33(26)27)34-36-32(17-18-37-34)31-16-15-29(23(3)35(31)38-36)24-9-5-4-6-10-24;1-4(6)3-5(2)7;/h4-18,21-22H,19H2,1-3H3;3,6H,1-2H3;/q-1;;/b;4-3-;. The molecule has 1 radical (unpaired) electrons. The SMILES string of the molecule is CC(=O)/C=C(/C)O.Cc1c(-c2ccccc2)ccc2c1oc1c(-c3[c-]c4ccc5ccccc5c4c(CC(C)C)c3)nccc12.[Ir]. The van der Waals surface area contributed by atoms with E-state index in [1.807, 2.05) is 12.3 Å². The van der Waals surface area contributed by atoms with Crippen LogP contribution in [-0.4, -0.2) is 15.9 Å². The number of aromatic nitrogens is 1. The Morgan fingerprint density at radius 2 is 1.61 bits per heavy atom. The Kier molecular flexibility index (Phi) is 9.86. The molecule has 2 aromatic heterocycles. The van der Waals surface area contributed by atoms with Crippen molar-refractivity contribution in [3.8, 4) is 22.4 Å². The predicted octanol–water partition coefficient (Wildman–Crippen LogP) is 11.0. The summed E-state index contributed by atoms with van der Waals surface area (Å²) in [6.07, 6.45) is 4.05. The molecule has 0 atom stereocenters. The van der Waals surface area contributed by atoms with Crippen LogP contribution in [0.15, 0.2) is 113 Å². The van der Waals surface area contributed by atoms with E-state index < -0.39 is 0 Å². The second-order valence-corrected chi connectivity index (χ2v) is 12.0. The summed E-state index contributed by atoms with van der Waals surface area (Å²) in [6.45, 7) is 9.55. The maximum atomic E-state index is 10.0. The molecule has 0 unspecified atom stereocenters. The number of rotatable bonds is 5. The zero-order chi connectivity index (χ0) is 31.7. The molecule has 0 aliphatic carbocycles. The molecule has 0 aliphatic rings. The van der Waals surface area contributed by atoms with Gasteiger partial charge < -0.3 is 9.52 Å². The van der Waals surface area contributed by atoms with Crippen molar-refractivity contribution in [3.05, 3.63) is 126 Å². The third-order valence-corrected chi connectivity index (χ3v) is 8.02. The van der Waals surface area contributed by atoms with E-state index >= 15 is 0 Å². The molecule has 7 rings (SSSR count). The van der Waals surface area contributed by atoms with Gasteiger partial charge in [0.1, 0.15) is 11.2 Å². The van der Waals surface area contributed by atoms with E-state index in [1.54, 1.807) is 0 Å². The number of fused-ring (bicyclic) bond motifs is 6. The van der Waals surface area contributed by atoms with Crippen molar-refractivity contribution < 1.29 is 34.4 Å². The first-order valence-electron chi connectivity index (χ1n) is 15.3. The van der Waals surface area contributed by atoms with Crippen molar-refractivity contribution in [3.63, 3.8) is 0 Å². The summed E-state index contributed by atoms with van der Waals surface area (Å²) in [4.78, 5) is 14.9. The minimum absolute atomic E-state index is 0. The molecular weight excluding hydrogens is 747 g/mol. The Morgan fingerprint density at radius 1 is 0.891 bits per heavy atom. The van der Waals surface area contributed by atoms with Crippen molar-refractivity contribution in [1.82, 2.24) is 4.98 Å². The smallest absolute Gasteiger partial charge is 0.155 e. The third kappa shape index (κ3) is 6.53. The van der Waals surface area contributed by atoms with Crippen molar-refractivity contribution in [2.45, 2.75) is 41.0 Å². The summed E-state index contributed by atoms with van der Waals surface area (Å²) < 4.78 is 6.65. The fraction of sp³-hybridized carbons (Fsp3) is 0.171. The van der Waals surface area contributed by atoms with Crippen molar-refractivity contribution in [2.24, 2.45) is 5.92 Å². The fourth-order valence-corrected chi connectivity index (χ4v) is 6.20. The molecule has 0 spiro atoms. The monoisotopic (exact) mass is 783 g/mol. The van der Waals surface area contributed by atoms with Crippen LogP contribution < -0.4 is 0 Å². The number of aliphatic hydroxyl groups is 1. The number of ketones is 1. The summed E-state index contributed by atoms with van der Waals surface area (Å²) in [7, 11) is 0. The molecule has 0 amide bonds. The van der Waals surface area contributed by atoms with Crippen LogP contribution in [0.2, 0.25) is 0 Å². The van der Waals surface area contributed by atoms with Gasteiger partial charge in [-0.25, -0.2) is 0 Å². The van der Waals surface area contributed by atoms with E-state index in [4.69, 9.17) is 14.5 Å². The first-order valence-corrected chi connectivity index (χ1v) is 15.3. The Hall–Kier alpha value is -4.57. The quantitative estimate of drug-likeness (QED) is 0.0817. The van der Waals surface area contributed by atoms with Gasteiger partial charge in [0.25, 0.3) is 0 Å². The van der Waals surface area contributed by atoms with E-state index in [9.17, 15) is 4.79 Å². The molecule has 5 aromatic carbocycles. The fourth-order valence-electron chi connectivity index (χ4n) is 6.20. The molecule has 2 heterocycles. The van der Waals surface area contributed by atoms with Gasteiger partial charge in [0, 0.05) is 54.4 Å². The summed E-state index contributed by atoms with van der Waals surface area (Å²) >= 11 is 0. The first-order chi connectivity index (χ1) is 21.7. The number of allylic oxidation sites excluding steroid dienone is 2. The summed E-state index contributed by atoms with van der Waals surface area (Å²) in [5, 5.41) is 15.5. The zero-order valence-electron chi connectivity index (χ0n) is 26.6. The molecule has 0 bridgehead atoms. The molecule has 233 valence electrons. The van der Waals surface area contributed by atoms with Gasteiger partial charge in [-0.05, 0) is 67.1 Å². The second-order valence-electron chi connectivity index (χ2n) is 12.0. The van der Waals surface area contributed by atoms with Crippen LogP contribution in [0.4, 0.5) is 0 Å². The minimum atomic E-state index is -0.125. The molecule has 0 saturated heterocycles. The van der Waals surface area contributed by atoms with Gasteiger partial charge in [-0.15, -0.1) is 29.1 Å². The van der Waals surface area contributed by atoms with Crippen LogP contribution in [0.1, 0.15) is 38.8 Å². The third-order valence-electron chi connectivity index (χ3n) is 8.02. The van der Waals surface area contributed by atoms with Crippen LogP contribution in [-0.2, 0) is 31.3 Å². The Bertz CT molecular complexity index is 2220. The average Bonchev–Trinajstić information content (AvgIpc) is 3.40. The molecular formula is C41H36IrNO3-. The Labute approximate surface area is 283 Å². The second kappa shape index (κ2) is 13.8. The number of furan rings is 1. The molecule has 46 heavy (non-hydrogen) atoms. The van der Waals surface area contributed by atoms with Gasteiger partial charge in [0.15, 0.2) is 5.78 Å². The van der Waals surface area contributed by atoms with E-state index in [2.05, 4.69) is 112 Å². The summed E-state index contributed by atoms with van der Waals surface area (Å²) in [6, 6.07) is 36.0. The van der Waals surface area contributed by atoms with Crippen LogP contribution in [0.3, 0.4) is 0 Å². The Balaban J connectivity index is 0.000000471. The van der Waals surface area contributed by atoms with Crippen LogP contribution in [0.5, 0.6) is 0 Å². The maximum absolute atomic E-state index is 10.0. The molecule has 7 aromatic rings. The zero-order valence-corrected chi connectivity index (χ0v) is 29.0. The molecule has 0 fully saturated rings. The van der Waals surface area contributed by atoms with Crippen LogP contribution in [0.25, 0.3) is 65.9 Å². The van der Waals surface area contributed by atoms with Crippen molar-refractivity contribution in [1.29, 1.82) is 0 Å². The molecule has 1 N–H and O–H groups in total. The summed E-state index contributed by atoms with van der Waals surface area (Å²) in [5.74, 6) is 0.467. The van der Waals surface area contributed by atoms with Gasteiger partial charge in [0.2, 0.25) is 0 Å². The van der Waals surface area contributed by atoms with Crippen LogP contribution in [0, 0.1) is 18.9 Å². The van der Waals surface area contributed by atoms with Gasteiger partial charge in [-0.1, -0.05) is 91.5 Å². The van der Waals surface area contributed by atoms with Gasteiger partial charge in [0.05, 0.1) is 5.76 Å². The van der Waals surface area contributed by atoms with Crippen LogP contribution >= 0.6 is 0 Å². The van der Waals surface area contributed by atoms with Gasteiger partial charge >= 0.3 is 0 Å². The van der Waals surface area contributed by atoms with Crippen molar-refractivity contribution in [2.75, 3.05) is 0 Å². The maximum Gasteiger partial charge on any atom is 0.155 e. The number of aryl methyl sites for hydroxylation is 1. The number of benzene rings is 5. The molecule has 0 aliphatic heterocycles. The number of aliphatic hydroxyl groups excluding tert-OH is 1. The number of hydrogen-bond acceptors (Lipinski definition) is 4. The molecule has 0 saturated carbocycles. The normalized spacial score (nSPS) is 11.6. The average molecular weight is 783 g/mol. The number of nitrogens with zero attached hydrogens (tertiary/aromatic N) is 1. The Morgan fingerprint density at radius 3 is 2.30 bits per heavy atom. The number of hydrogen-bond donors (Lipinski definition) is 1. The molecule has 5 heteroatoms. The number of carbonyl (C=O) groups excluding carboxylic acids is 1. The van der Waals surface area contributed by atoms with E-state index in [0.29, 0.717) is 5.92 Å². The van der Waals surface area contributed by atoms with E-state index in [1.165, 1.54) is 52.8 Å².